The molecule has 2 aliphatic rings. The predicted octanol–water partition coefficient (Wildman–Crippen LogP) is 2.58. The molecule has 6 nitrogen and oxygen atoms in total. The first-order chi connectivity index (χ1) is 12.5. The molecule has 0 aliphatic carbocycles. The summed E-state index contributed by atoms with van der Waals surface area (Å²) in [5.74, 6) is -1.16. The fourth-order valence-electron chi connectivity index (χ4n) is 2.89. The normalized spacial score (nSPS) is 19.4. The molecule has 1 aromatic carbocycles. The van der Waals surface area contributed by atoms with Gasteiger partial charge in [-0.2, -0.15) is 0 Å². The lowest BCUT2D eigenvalue weighted by Crippen LogP contribution is -2.34. The molecular weight excluding hydrogens is 372 g/mol. The minimum Gasteiger partial charge on any atom is -0.464 e. The highest BCUT2D eigenvalue weighted by Crippen LogP contribution is 2.44. The number of ether oxygens (including phenoxy) is 1. The molecule has 3 rings (SSSR count). The summed E-state index contributed by atoms with van der Waals surface area (Å²) in [7, 11) is 0. The highest BCUT2D eigenvalue weighted by Gasteiger charge is 2.42. The third-order valence-corrected chi connectivity index (χ3v) is 5.52. The fraction of sp³-hybridized carbons (Fsp3) is 0.333. The zero-order valence-electron chi connectivity index (χ0n) is 14.5. The molecule has 1 aromatic rings. The first-order valence-electron chi connectivity index (χ1n) is 8.34. The Morgan fingerprint density at radius 3 is 2.58 bits per heavy atom. The standard InChI is InChI=1S/C18H18N2O4S2/c1-3-9-24-13(21)10-20-17(23)15(26-18(20)25)14-11-7-5-6-8-12(11)19(4-2)16(14)22/h5-8H,3-4,9-10H2,1-2H3. The number of anilines is 1. The summed E-state index contributed by atoms with van der Waals surface area (Å²) >= 11 is 6.31. The zero-order valence-corrected chi connectivity index (χ0v) is 16.1. The monoisotopic (exact) mass is 390 g/mol. The van der Waals surface area contributed by atoms with Crippen LogP contribution in [0, 0.1) is 0 Å². The molecule has 0 N–H and O–H groups in total. The molecule has 0 atom stereocenters. The van der Waals surface area contributed by atoms with Crippen molar-refractivity contribution in [2.75, 3.05) is 24.6 Å². The van der Waals surface area contributed by atoms with Gasteiger partial charge in [0.05, 0.1) is 22.8 Å². The van der Waals surface area contributed by atoms with Crippen LogP contribution in [0.4, 0.5) is 5.69 Å². The summed E-state index contributed by atoms with van der Waals surface area (Å²) in [4.78, 5) is 40.7. The number of thioether (sulfide) groups is 1. The van der Waals surface area contributed by atoms with Gasteiger partial charge in [-0.1, -0.05) is 49.1 Å². The van der Waals surface area contributed by atoms with E-state index in [2.05, 4.69) is 0 Å². The fourth-order valence-corrected chi connectivity index (χ4v) is 4.22. The van der Waals surface area contributed by atoms with Crippen LogP contribution in [-0.2, 0) is 19.1 Å². The molecule has 8 heteroatoms. The van der Waals surface area contributed by atoms with E-state index in [0.717, 1.165) is 17.4 Å². The van der Waals surface area contributed by atoms with Crippen LogP contribution >= 0.6 is 24.0 Å². The van der Waals surface area contributed by atoms with E-state index in [1.54, 1.807) is 4.90 Å². The van der Waals surface area contributed by atoms with E-state index in [1.165, 1.54) is 4.90 Å². The van der Waals surface area contributed by atoms with Crippen LogP contribution in [0.3, 0.4) is 0 Å². The summed E-state index contributed by atoms with van der Waals surface area (Å²) < 4.78 is 5.29. The molecule has 2 aliphatic heterocycles. The molecule has 0 spiro atoms. The lowest BCUT2D eigenvalue weighted by Gasteiger charge is -2.14. The van der Waals surface area contributed by atoms with E-state index in [4.69, 9.17) is 17.0 Å². The highest BCUT2D eigenvalue weighted by molar-refractivity contribution is 8.26. The first kappa shape index (κ1) is 18.6. The molecule has 136 valence electrons. The SMILES string of the molecule is CCCOC(=O)CN1C(=O)C(=C2C(=O)N(CC)c3ccccc32)SC1=S. The van der Waals surface area contributed by atoms with Gasteiger partial charge in [-0.05, 0) is 19.4 Å². The van der Waals surface area contributed by atoms with Gasteiger partial charge in [0, 0.05) is 12.1 Å². The number of esters is 1. The van der Waals surface area contributed by atoms with Crippen LogP contribution in [-0.4, -0.2) is 46.7 Å². The Balaban J connectivity index is 1.95. The van der Waals surface area contributed by atoms with Gasteiger partial charge in [-0.3, -0.25) is 19.3 Å². The van der Waals surface area contributed by atoms with Crippen molar-refractivity contribution in [2.24, 2.45) is 0 Å². The number of carbonyl (C=O) groups excluding carboxylic acids is 3. The summed E-state index contributed by atoms with van der Waals surface area (Å²) in [5, 5.41) is 0. The number of para-hydroxylation sites is 1. The zero-order chi connectivity index (χ0) is 18.8. The number of carbonyl (C=O) groups is 3. The van der Waals surface area contributed by atoms with E-state index >= 15 is 0 Å². The molecular formula is C18H18N2O4S2. The summed E-state index contributed by atoms with van der Waals surface area (Å²) in [6.07, 6.45) is 0.701. The number of amides is 2. The van der Waals surface area contributed by atoms with Gasteiger partial charge in [-0.15, -0.1) is 0 Å². The van der Waals surface area contributed by atoms with E-state index in [1.807, 2.05) is 38.1 Å². The summed E-state index contributed by atoms with van der Waals surface area (Å²) in [6, 6.07) is 7.35. The Morgan fingerprint density at radius 1 is 1.15 bits per heavy atom. The maximum Gasteiger partial charge on any atom is 0.326 e. The Morgan fingerprint density at radius 2 is 1.88 bits per heavy atom. The van der Waals surface area contributed by atoms with Gasteiger partial charge in [-0.25, -0.2) is 0 Å². The first-order valence-corrected chi connectivity index (χ1v) is 9.56. The van der Waals surface area contributed by atoms with Crippen LogP contribution in [0.15, 0.2) is 29.2 Å². The molecule has 0 aromatic heterocycles. The van der Waals surface area contributed by atoms with E-state index in [0.29, 0.717) is 30.7 Å². The molecule has 0 radical (unpaired) electrons. The predicted molar refractivity (Wildman–Crippen MR) is 105 cm³/mol. The van der Waals surface area contributed by atoms with E-state index in [9.17, 15) is 14.4 Å². The van der Waals surface area contributed by atoms with Crippen molar-refractivity contribution in [3.05, 3.63) is 34.7 Å². The number of benzene rings is 1. The van der Waals surface area contributed by atoms with Crippen molar-refractivity contribution in [3.8, 4) is 0 Å². The number of likely N-dealkylation sites (N-methyl/N-ethyl adjacent to an activating group) is 1. The van der Waals surface area contributed by atoms with Gasteiger partial charge in [0.1, 0.15) is 10.9 Å². The van der Waals surface area contributed by atoms with Crippen LogP contribution < -0.4 is 4.90 Å². The van der Waals surface area contributed by atoms with Crippen molar-refractivity contribution in [2.45, 2.75) is 20.3 Å². The molecule has 26 heavy (non-hydrogen) atoms. The molecule has 0 saturated carbocycles. The molecule has 2 amide bonds. The number of nitrogens with zero attached hydrogens (tertiary/aromatic N) is 2. The lowest BCUT2D eigenvalue weighted by molar-refractivity contribution is -0.146. The number of rotatable bonds is 5. The lowest BCUT2D eigenvalue weighted by atomic mass is 10.1. The quantitative estimate of drug-likeness (QED) is 0.437. The Kier molecular flexibility index (Phi) is 5.43. The molecule has 0 bridgehead atoms. The average molecular weight is 390 g/mol. The van der Waals surface area contributed by atoms with Crippen LogP contribution in [0.5, 0.6) is 0 Å². The second-order valence-electron chi connectivity index (χ2n) is 5.75. The average Bonchev–Trinajstić information content (AvgIpc) is 3.06. The van der Waals surface area contributed by atoms with Crippen LogP contribution in [0.2, 0.25) is 0 Å². The molecule has 1 fully saturated rings. The second kappa shape index (κ2) is 7.59. The van der Waals surface area contributed by atoms with Crippen LogP contribution in [0.1, 0.15) is 25.8 Å². The minimum absolute atomic E-state index is 0.220. The third kappa shape index (κ3) is 3.14. The van der Waals surface area contributed by atoms with Crippen molar-refractivity contribution in [3.63, 3.8) is 0 Å². The maximum absolute atomic E-state index is 12.9. The van der Waals surface area contributed by atoms with E-state index < -0.39 is 11.9 Å². The molecule has 2 heterocycles. The summed E-state index contributed by atoms with van der Waals surface area (Å²) in [5.41, 5.74) is 1.85. The second-order valence-corrected chi connectivity index (χ2v) is 7.39. The molecule has 0 unspecified atom stereocenters. The van der Waals surface area contributed by atoms with Crippen LogP contribution in [0.25, 0.3) is 5.57 Å². The Hall–Kier alpha value is -2.19. The number of hydrogen-bond donors (Lipinski definition) is 0. The van der Waals surface area contributed by atoms with E-state index in [-0.39, 0.29) is 21.7 Å². The van der Waals surface area contributed by atoms with Crippen molar-refractivity contribution >= 4 is 57.3 Å². The minimum atomic E-state index is -0.511. The summed E-state index contributed by atoms with van der Waals surface area (Å²) in [6.45, 7) is 4.33. The third-order valence-electron chi connectivity index (χ3n) is 4.07. The Labute approximate surface area is 161 Å². The molecule has 1 saturated heterocycles. The smallest absolute Gasteiger partial charge is 0.326 e. The Bertz CT molecular complexity index is 834. The number of fused-ring (bicyclic) bond motifs is 1. The van der Waals surface area contributed by atoms with Gasteiger partial charge < -0.3 is 9.64 Å². The largest absolute Gasteiger partial charge is 0.464 e. The maximum atomic E-state index is 12.9. The highest BCUT2D eigenvalue weighted by atomic mass is 32.2. The van der Waals surface area contributed by atoms with Gasteiger partial charge >= 0.3 is 5.97 Å². The van der Waals surface area contributed by atoms with Crippen molar-refractivity contribution in [1.29, 1.82) is 0 Å². The topological polar surface area (TPSA) is 66.9 Å². The van der Waals surface area contributed by atoms with Crippen molar-refractivity contribution in [1.82, 2.24) is 4.90 Å². The number of thiocarbonyl (C=S) groups is 1. The van der Waals surface area contributed by atoms with Gasteiger partial charge in [0.15, 0.2) is 0 Å². The van der Waals surface area contributed by atoms with Gasteiger partial charge in [0.25, 0.3) is 11.8 Å². The number of hydrogen-bond acceptors (Lipinski definition) is 6. The van der Waals surface area contributed by atoms with Crippen molar-refractivity contribution < 1.29 is 19.1 Å². The van der Waals surface area contributed by atoms with Gasteiger partial charge in [0.2, 0.25) is 0 Å².